The lowest BCUT2D eigenvalue weighted by atomic mass is 9.34. The highest BCUT2D eigenvalue weighted by molar-refractivity contribution is 6.98. The standard InChI is InChI=1S/C51H38BNO3Si/c1-57(2,3)39-19-12-18-37(30-39)53(44-22-13-21-41-40-20-10-11-23-45(40)56-51(41)44)38-31-48-50-49(32-38)55-47-29-36(34-16-8-5-9-17-34)25-27-43(47)52(50)42-26-24-35(28-46(42)54-48)33-14-6-4-7-15-33/h4-32H,1-3H3. The Morgan fingerprint density at radius 2 is 1.04 bits per heavy atom. The van der Waals surface area contributed by atoms with Gasteiger partial charge in [0.2, 0.25) is 0 Å². The van der Waals surface area contributed by atoms with Crippen molar-refractivity contribution in [1.82, 2.24) is 0 Å². The molecule has 9 aromatic rings. The molecule has 11 rings (SSSR count). The molecule has 0 radical (unpaired) electrons. The van der Waals surface area contributed by atoms with E-state index in [-0.39, 0.29) is 6.71 Å². The number of para-hydroxylation sites is 2. The van der Waals surface area contributed by atoms with Crippen LogP contribution in [0.4, 0.5) is 17.1 Å². The number of benzene rings is 8. The number of nitrogens with zero attached hydrogens (tertiary/aromatic N) is 1. The zero-order chi connectivity index (χ0) is 38.3. The minimum atomic E-state index is -1.68. The first-order valence-electron chi connectivity index (χ1n) is 19.6. The largest absolute Gasteiger partial charge is 0.458 e. The summed E-state index contributed by atoms with van der Waals surface area (Å²) in [6.07, 6.45) is 0. The third-order valence-electron chi connectivity index (χ3n) is 11.5. The van der Waals surface area contributed by atoms with Crippen LogP contribution in [0.25, 0.3) is 44.2 Å². The fourth-order valence-electron chi connectivity index (χ4n) is 8.68. The van der Waals surface area contributed by atoms with Gasteiger partial charge in [-0.2, -0.15) is 0 Å². The van der Waals surface area contributed by atoms with Crippen molar-refractivity contribution in [3.63, 3.8) is 0 Å². The normalized spacial score (nSPS) is 12.7. The number of furan rings is 1. The Balaban J connectivity index is 1.15. The molecular formula is C51H38BNO3Si. The molecule has 57 heavy (non-hydrogen) atoms. The second-order valence-corrected chi connectivity index (χ2v) is 21.2. The lowest BCUT2D eigenvalue weighted by molar-refractivity contribution is 0.465. The summed E-state index contributed by atoms with van der Waals surface area (Å²) in [5.41, 5.74) is 12.4. The number of ether oxygens (including phenoxy) is 2. The van der Waals surface area contributed by atoms with E-state index in [0.29, 0.717) is 0 Å². The quantitative estimate of drug-likeness (QED) is 0.159. The molecule has 3 heterocycles. The second kappa shape index (κ2) is 12.9. The first kappa shape index (κ1) is 33.6. The van der Waals surface area contributed by atoms with E-state index < -0.39 is 8.07 Å². The van der Waals surface area contributed by atoms with Gasteiger partial charge in [0.25, 0.3) is 6.71 Å². The SMILES string of the molecule is C[Si](C)(C)c1cccc(N(c2cc3c4c(c2)Oc2cc(-c5ccccc5)ccc2B4c2ccc(-c4ccccc4)cc2O3)c2cccc3c2oc2ccccc23)c1. The Labute approximate surface area is 333 Å². The number of fused-ring (bicyclic) bond motifs is 7. The van der Waals surface area contributed by atoms with Crippen LogP contribution >= 0.6 is 0 Å². The van der Waals surface area contributed by atoms with Gasteiger partial charge < -0.3 is 18.8 Å². The fourth-order valence-corrected chi connectivity index (χ4v) is 9.85. The van der Waals surface area contributed by atoms with Crippen molar-refractivity contribution in [1.29, 1.82) is 0 Å². The first-order valence-corrected chi connectivity index (χ1v) is 23.1. The summed E-state index contributed by atoms with van der Waals surface area (Å²) in [4.78, 5) is 2.32. The van der Waals surface area contributed by atoms with E-state index in [1.807, 2.05) is 12.1 Å². The number of rotatable bonds is 6. The molecule has 0 amide bonds. The van der Waals surface area contributed by atoms with Crippen molar-refractivity contribution < 1.29 is 13.9 Å². The average Bonchev–Trinajstić information content (AvgIpc) is 3.63. The minimum Gasteiger partial charge on any atom is -0.458 e. The van der Waals surface area contributed by atoms with Crippen LogP contribution in [0.3, 0.4) is 0 Å². The van der Waals surface area contributed by atoms with Gasteiger partial charge in [-0.1, -0.05) is 152 Å². The summed E-state index contributed by atoms with van der Waals surface area (Å²) in [5.74, 6) is 3.27. The zero-order valence-corrected chi connectivity index (χ0v) is 33.0. The van der Waals surface area contributed by atoms with Gasteiger partial charge >= 0.3 is 0 Å². The molecule has 0 fully saturated rings. The van der Waals surface area contributed by atoms with Gasteiger partial charge in [-0.05, 0) is 69.6 Å². The third-order valence-corrected chi connectivity index (χ3v) is 13.6. The molecule has 2 aliphatic heterocycles. The van der Waals surface area contributed by atoms with Gasteiger partial charge in [-0.15, -0.1) is 0 Å². The summed E-state index contributed by atoms with van der Waals surface area (Å²) in [5, 5.41) is 3.54. The van der Waals surface area contributed by atoms with Crippen LogP contribution in [0, 0.1) is 0 Å². The van der Waals surface area contributed by atoms with Crippen molar-refractivity contribution in [2.24, 2.45) is 0 Å². The molecule has 6 heteroatoms. The van der Waals surface area contributed by atoms with Gasteiger partial charge in [-0.25, -0.2) is 0 Å². The van der Waals surface area contributed by atoms with Crippen LogP contribution in [0.2, 0.25) is 19.6 Å². The van der Waals surface area contributed by atoms with E-state index in [2.05, 4.69) is 188 Å². The molecule has 0 spiro atoms. The van der Waals surface area contributed by atoms with Crippen molar-refractivity contribution in [3.8, 4) is 45.3 Å². The third kappa shape index (κ3) is 5.59. The van der Waals surface area contributed by atoms with E-state index in [9.17, 15) is 0 Å². The molecule has 0 bridgehead atoms. The highest BCUT2D eigenvalue weighted by atomic mass is 28.3. The molecule has 0 saturated carbocycles. The Morgan fingerprint density at radius 3 is 1.67 bits per heavy atom. The molecule has 0 saturated heterocycles. The predicted molar refractivity (Wildman–Crippen MR) is 240 cm³/mol. The molecule has 0 N–H and O–H groups in total. The summed E-state index contributed by atoms with van der Waals surface area (Å²) in [6.45, 7) is 7.10. The van der Waals surface area contributed by atoms with Crippen molar-refractivity contribution in [2.45, 2.75) is 19.6 Å². The monoisotopic (exact) mass is 751 g/mol. The lowest BCUT2D eigenvalue weighted by Crippen LogP contribution is -2.57. The van der Waals surface area contributed by atoms with Gasteiger partial charge in [0.15, 0.2) is 5.58 Å². The topological polar surface area (TPSA) is 34.8 Å². The van der Waals surface area contributed by atoms with Crippen LogP contribution in [0.15, 0.2) is 180 Å². The molecule has 2 aliphatic rings. The average molecular weight is 752 g/mol. The van der Waals surface area contributed by atoms with Crippen molar-refractivity contribution in [2.75, 3.05) is 4.90 Å². The van der Waals surface area contributed by atoms with Gasteiger partial charge in [0.1, 0.15) is 28.6 Å². The maximum absolute atomic E-state index is 7.05. The van der Waals surface area contributed by atoms with E-state index in [1.165, 1.54) is 5.19 Å². The smallest absolute Gasteiger partial charge is 0.260 e. The van der Waals surface area contributed by atoms with Crippen LogP contribution in [-0.2, 0) is 0 Å². The second-order valence-electron chi connectivity index (χ2n) is 16.1. The Bertz CT molecular complexity index is 2910. The minimum absolute atomic E-state index is 0.0753. The van der Waals surface area contributed by atoms with E-state index in [1.54, 1.807) is 0 Å². The molecule has 0 aliphatic carbocycles. The Morgan fingerprint density at radius 1 is 0.456 bits per heavy atom. The predicted octanol–water partition coefficient (Wildman–Crippen LogP) is 11.7. The molecular weight excluding hydrogens is 713 g/mol. The fraction of sp³-hybridized carbons (Fsp3) is 0.0588. The highest BCUT2D eigenvalue weighted by Crippen LogP contribution is 2.46. The number of hydrogen-bond acceptors (Lipinski definition) is 4. The molecule has 0 atom stereocenters. The Kier molecular flexibility index (Phi) is 7.60. The maximum atomic E-state index is 7.05. The van der Waals surface area contributed by atoms with Crippen LogP contribution in [0.1, 0.15) is 0 Å². The maximum Gasteiger partial charge on any atom is 0.260 e. The summed E-state index contributed by atoms with van der Waals surface area (Å²) < 4.78 is 20.8. The van der Waals surface area contributed by atoms with Crippen LogP contribution in [0.5, 0.6) is 23.0 Å². The van der Waals surface area contributed by atoms with Crippen LogP contribution < -0.4 is 35.9 Å². The van der Waals surface area contributed by atoms with E-state index >= 15 is 0 Å². The van der Waals surface area contributed by atoms with Gasteiger partial charge in [0.05, 0.1) is 19.4 Å². The van der Waals surface area contributed by atoms with Crippen LogP contribution in [-0.4, -0.2) is 14.8 Å². The van der Waals surface area contributed by atoms with Crippen molar-refractivity contribution in [3.05, 3.63) is 176 Å². The van der Waals surface area contributed by atoms with Gasteiger partial charge in [-0.3, -0.25) is 0 Å². The summed E-state index contributed by atoms with van der Waals surface area (Å²) in [7, 11) is -1.68. The number of anilines is 3. The molecule has 0 unspecified atom stereocenters. The Hall–Kier alpha value is -6.76. The number of hydrogen-bond donors (Lipinski definition) is 0. The first-order chi connectivity index (χ1) is 27.9. The van der Waals surface area contributed by atoms with Gasteiger partial charge in [0, 0.05) is 34.1 Å². The van der Waals surface area contributed by atoms with E-state index in [0.717, 1.165) is 101 Å². The molecule has 272 valence electrons. The summed E-state index contributed by atoms with van der Waals surface area (Å²) >= 11 is 0. The highest BCUT2D eigenvalue weighted by Gasteiger charge is 2.41. The van der Waals surface area contributed by atoms with E-state index in [4.69, 9.17) is 13.9 Å². The molecule has 4 nitrogen and oxygen atoms in total. The lowest BCUT2D eigenvalue weighted by Gasteiger charge is -2.35. The summed E-state index contributed by atoms with van der Waals surface area (Å²) in [6, 6.07) is 62.4. The molecule has 1 aromatic heterocycles. The zero-order valence-electron chi connectivity index (χ0n) is 32.0. The van der Waals surface area contributed by atoms with Crippen molar-refractivity contribution >= 4 is 75.4 Å². The molecule has 8 aromatic carbocycles.